The molecule has 196 valence electrons. The maximum Gasteiger partial charge on any atom is 0.508 e. The van der Waals surface area contributed by atoms with E-state index >= 15 is 0 Å². The van der Waals surface area contributed by atoms with Crippen LogP contribution in [0.3, 0.4) is 0 Å². The fourth-order valence-electron chi connectivity index (χ4n) is 6.57. The average Bonchev–Trinajstić information content (AvgIpc) is 3.15. The summed E-state index contributed by atoms with van der Waals surface area (Å²) in [7, 11) is 1.25. The standard InChI is InChI=1S/C29H44O6/c1-18(9-14-26(32)28(3,4)35-27(33)34-6)23-12-13-24-20(8-7-15-29(23,24)5)10-11-21-16-22(30)17-25(31)19(21)2/h9-11,14,18,22-26,30-32H,2,7-8,12-13,15-17H2,1,3-6H3/b14-9+,20-10+,21-11-/t18-,22-,23-,24+,25+,26-,29-/m1/s1. The van der Waals surface area contributed by atoms with E-state index in [0.29, 0.717) is 24.7 Å². The zero-order valence-electron chi connectivity index (χ0n) is 22.0. The molecule has 0 aromatic heterocycles. The Kier molecular flexibility index (Phi) is 8.72. The van der Waals surface area contributed by atoms with Crippen LogP contribution in [0.2, 0.25) is 0 Å². The molecule has 3 fully saturated rings. The Morgan fingerprint density at radius 2 is 1.94 bits per heavy atom. The fraction of sp³-hybridized carbons (Fsp3) is 0.690. The van der Waals surface area contributed by atoms with Crippen LogP contribution in [0.25, 0.3) is 0 Å². The zero-order valence-corrected chi connectivity index (χ0v) is 22.0. The Morgan fingerprint density at radius 3 is 2.63 bits per heavy atom. The summed E-state index contributed by atoms with van der Waals surface area (Å²) in [6.07, 6.45) is 11.8. The van der Waals surface area contributed by atoms with Crippen LogP contribution in [-0.2, 0) is 9.47 Å². The second kappa shape index (κ2) is 11.0. The van der Waals surface area contributed by atoms with Crippen LogP contribution in [0.4, 0.5) is 4.79 Å². The number of carbonyl (C=O) groups excluding carboxylic acids is 1. The summed E-state index contributed by atoms with van der Waals surface area (Å²) >= 11 is 0. The van der Waals surface area contributed by atoms with E-state index < -0.39 is 30.1 Å². The normalized spacial score (nSPS) is 35.8. The van der Waals surface area contributed by atoms with Crippen molar-refractivity contribution in [2.24, 2.45) is 23.2 Å². The molecule has 3 aliphatic rings. The molecule has 0 saturated heterocycles. The van der Waals surface area contributed by atoms with Crippen molar-refractivity contribution in [3.05, 3.63) is 47.6 Å². The van der Waals surface area contributed by atoms with Crippen molar-refractivity contribution >= 4 is 6.16 Å². The van der Waals surface area contributed by atoms with Crippen LogP contribution in [0.1, 0.15) is 72.6 Å². The van der Waals surface area contributed by atoms with Gasteiger partial charge in [-0.2, -0.15) is 0 Å². The molecular weight excluding hydrogens is 444 g/mol. The summed E-state index contributed by atoms with van der Waals surface area (Å²) in [5.74, 6) is 1.27. The molecule has 0 radical (unpaired) electrons. The summed E-state index contributed by atoms with van der Waals surface area (Å²) in [4.78, 5) is 11.5. The van der Waals surface area contributed by atoms with Gasteiger partial charge in [0, 0.05) is 6.42 Å². The summed E-state index contributed by atoms with van der Waals surface area (Å²) in [6.45, 7) is 12.0. The number of hydrogen-bond donors (Lipinski definition) is 3. The lowest BCUT2D eigenvalue weighted by Gasteiger charge is -2.44. The summed E-state index contributed by atoms with van der Waals surface area (Å²) in [6, 6.07) is 0. The number of aliphatic hydroxyl groups is 3. The molecule has 3 rings (SSSR count). The number of ether oxygens (including phenoxy) is 2. The van der Waals surface area contributed by atoms with Crippen LogP contribution in [0.15, 0.2) is 47.6 Å². The Hall–Kier alpha value is -1.89. The van der Waals surface area contributed by atoms with Crippen molar-refractivity contribution in [3.8, 4) is 0 Å². The molecule has 0 aliphatic heterocycles. The van der Waals surface area contributed by atoms with E-state index in [1.54, 1.807) is 19.9 Å². The fourth-order valence-corrected chi connectivity index (χ4v) is 6.57. The second-order valence-corrected chi connectivity index (χ2v) is 11.5. The number of fused-ring (bicyclic) bond motifs is 1. The van der Waals surface area contributed by atoms with Gasteiger partial charge in [0.15, 0.2) is 0 Å². The average molecular weight is 489 g/mol. The summed E-state index contributed by atoms with van der Waals surface area (Å²) in [5.41, 5.74) is 2.24. The van der Waals surface area contributed by atoms with Gasteiger partial charge in [-0.15, -0.1) is 0 Å². The lowest BCUT2D eigenvalue weighted by Crippen LogP contribution is -2.40. The highest BCUT2D eigenvalue weighted by Gasteiger charge is 2.50. The predicted octanol–water partition coefficient (Wildman–Crippen LogP) is 5.24. The van der Waals surface area contributed by atoms with Crippen LogP contribution in [0, 0.1) is 23.2 Å². The van der Waals surface area contributed by atoms with E-state index in [4.69, 9.17) is 4.74 Å². The molecule has 7 atom stereocenters. The van der Waals surface area contributed by atoms with E-state index in [1.165, 1.54) is 19.1 Å². The van der Waals surface area contributed by atoms with Crippen LogP contribution in [-0.4, -0.2) is 52.5 Å². The van der Waals surface area contributed by atoms with Crippen molar-refractivity contribution in [2.45, 2.75) is 96.6 Å². The molecule has 0 spiro atoms. The Labute approximate surface area is 210 Å². The van der Waals surface area contributed by atoms with Crippen molar-refractivity contribution < 1.29 is 29.6 Å². The molecule has 3 N–H and O–H groups in total. The predicted molar refractivity (Wildman–Crippen MR) is 137 cm³/mol. The first kappa shape index (κ1) is 27.7. The van der Waals surface area contributed by atoms with Crippen LogP contribution < -0.4 is 0 Å². The first-order valence-electron chi connectivity index (χ1n) is 13.0. The van der Waals surface area contributed by atoms with E-state index in [1.807, 2.05) is 0 Å². The van der Waals surface area contributed by atoms with Gasteiger partial charge in [-0.25, -0.2) is 4.79 Å². The first-order valence-corrected chi connectivity index (χ1v) is 13.0. The van der Waals surface area contributed by atoms with Crippen LogP contribution in [0.5, 0.6) is 0 Å². The number of carbonyl (C=O) groups is 1. The Morgan fingerprint density at radius 1 is 1.23 bits per heavy atom. The topological polar surface area (TPSA) is 96.2 Å². The maximum atomic E-state index is 11.5. The molecule has 0 amide bonds. The van der Waals surface area contributed by atoms with E-state index in [-0.39, 0.29) is 11.3 Å². The van der Waals surface area contributed by atoms with E-state index in [9.17, 15) is 20.1 Å². The molecule has 0 heterocycles. The van der Waals surface area contributed by atoms with Gasteiger partial charge in [0.25, 0.3) is 0 Å². The smallest absolute Gasteiger partial charge is 0.438 e. The third-order valence-electron chi connectivity index (χ3n) is 8.76. The minimum atomic E-state index is -1.08. The van der Waals surface area contributed by atoms with Gasteiger partial charge < -0.3 is 24.8 Å². The number of rotatable bonds is 6. The summed E-state index contributed by atoms with van der Waals surface area (Å²) < 4.78 is 9.78. The third kappa shape index (κ3) is 6.10. The zero-order chi connectivity index (χ0) is 26.0. The number of hydrogen-bond acceptors (Lipinski definition) is 6. The molecule has 0 bridgehead atoms. The second-order valence-electron chi connectivity index (χ2n) is 11.5. The van der Waals surface area contributed by atoms with Gasteiger partial charge in [-0.1, -0.05) is 50.3 Å². The van der Waals surface area contributed by atoms with Gasteiger partial charge in [-0.3, -0.25) is 0 Å². The molecule has 0 aromatic carbocycles. The molecule has 6 nitrogen and oxygen atoms in total. The van der Waals surface area contributed by atoms with Crippen LogP contribution >= 0.6 is 0 Å². The highest BCUT2D eigenvalue weighted by Crippen LogP contribution is 2.59. The molecule has 0 aromatic rings. The number of aliphatic hydroxyl groups excluding tert-OH is 3. The van der Waals surface area contributed by atoms with Crippen molar-refractivity contribution in [1.82, 2.24) is 0 Å². The largest absolute Gasteiger partial charge is 0.508 e. The number of methoxy groups -OCH3 is 1. The van der Waals surface area contributed by atoms with E-state index in [0.717, 1.165) is 36.8 Å². The SMILES string of the molecule is C=C1/C(=C\C=C2/CCC[C@]3(C)[C@@H]([C@H](C)/C=C/[C@@H](O)C(C)(C)OC(=O)OC)CC[C@@H]23)C[C@@H](O)C[C@@H]1O. The first-order chi connectivity index (χ1) is 16.4. The number of allylic oxidation sites excluding steroid dienone is 4. The highest BCUT2D eigenvalue weighted by atomic mass is 16.7. The lowest BCUT2D eigenvalue weighted by molar-refractivity contribution is -0.0617. The third-order valence-corrected chi connectivity index (χ3v) is 8.76. The minimum Gasteiger partial charge on any atom is -0.438 e. The Balaban J connectivity index is 1.72. The quantitative estimate of drug-likeness (QED) is 0.349. The molecule has 35 heavy (non-hydrogen) atoms. The summed E-state index contributed by atoms with van der Waals surface area (Å²) in [5, 5.41) is 30.9. The molecule has 6 heteroatoms. The van der Waals surface area contributed by atoms with Crippen molar-refractivity contribution in [1.29, 1.82) is 0 Å². The maximum absolute atomic E-state index is 11.5. The van der Waals surface area contributed by atoms with Crippen molar-refractivity contribution in [3.63, 3.8) is 0 Å². The molecule has 0 unspecified atom stereocenters. The molecular formula is C29H44O6. The van der Waals surface area contributed by atoms with Gasteiger partial charge in [-0.05, 0) is 86.7 Å². The minimum absolute atomic E-state index is 0.179. The highest BCUT2D eigenvalue weighted by molar-refractivity contribution is 5.60. The van der Waals surface area contributed by atoms with Gasteiger partial charge >= 0.3 is 6.16 Å². The van der Waals surface area contributed by atoms with Crippen molar-refractivity contribution in [2.75, 3.05) is 7.11 Å². The molecule has 3 saturated carbocycles. The van der Waals surface area contributed by atoms with Gasteiger partial charge in [0.1, 0.15) is 11.7 Å². The lowest BCUT2D eigenvalue weighted by atomic mass is 9.61. The Bertz CT molecular complexity index is 884. The van der Waals surface area contributed by atoms with Gasteiger partial charge in [0.05, 0.1) is 19.3 Å². The monoisotopic (exact) mass is 488 g/mol. The van der Waals surface area contributed by atoms with Gasteiger partial charge in [0.2, 0.25) is 0 Å². The van der Waals surface area contributed by atoms with E-state index in [2.05, 4.69) is 43.4 Å². The molecule has 3 aliphatic carbocycles.